The summed E-state index contributed by atoms with van der Waals surface area (Å²) in [5, 5.41) is 4.39. The van der Waals surface area contributed by atoms with Gasteiger partial charge in [0.05, 0.1) is 11.0 Å². The van der Waals surface area contributed by atoms with E-state index in [2.05, 4.69) is 94.1 Å². The van der Waals surface area contributed by atoms with Gasteiger partial charge in [-0.25, -0.2) is 9.97 Å². The molecule has 0 bridgehead atoms. The summed E-state index contributed by atoms with van der Waals surface area (Å²) in [6, 6.07) is 60.3. The van der Waals surface area contributed by atoms with E-state index in [-0.39, 0.29) is 21.1 Å². The summed E-state index contributed by atoms with van der Waals surface area (Å²) in [7, 11) is 0. The van der Waals surface area contributed by atoms with Crippen LogP contribution in [0.15, 0.2) is 176 Å². The van der Waals surface area contributed by atoms with Crippen molar-refractivity contribution >= 4 is 54.6 Å². The number of rotatable bonds is 6. The van der Waals surface area contributed by atoms with Gasteiger partial charge in [-0.15, -0.1) is 34.8 Å². The molecule has 11 rings (SSSR count). The largest absolute Gasteiger partial charge is 2.00 e. The van der Waals surface area contributed by atoms with Crippen molar-refractivity contribution in [2.75, 3.05) is 0 Å². The van der Waals surface area contributed by atoms with Crippen LogP contribution < -0.4 is 4.98 Å². The minimum atomic E-state index is -1.72. The Labute approximate surface area is 334 Å². The monoisotopic (exact) mass is 886 g/mol. The molecule has 55 heavy (non-hydrogen) atoms. The van der Waals surface area contributed by atoms with Crippen LogP contribution in [0.5, 0.6) is 0 Å². The Morgan fingerprint density at radius 1 is 0.582 bits per heavy atom. The minimum Gasteiger partial charge on any atom is -0.656 e. The van der Waals surface area contributed by atoms with Crippen molar-refractivity contribution < 1.29 is 23.8 Å². The Morgan fingerprint density at radius 2 is 1.31 bits per heavy atom. The van der Waals surface area contributed by atoms with Crippen LogP contribution in [0.4, 0.5) is 0 Å². The molecule has 0 aliphatic heterocycles. The number of imidazole rings is 1. The maximum Gasteiger partial charge on any atom is 2.00 e. The quantitative estimate of drug-likeness (QED) is 0.156. The predicted molar refractivity (Wildman–Crippen MR) is 220 cm³/mol. The topological polar surface area (TPSA) is 49.7 Å². The van der Waals surface area contributed by atoms with Crippen LogP contribution in [0.25, 0.3) is 88.7 Å². The Morgan fingerprint density at radius 3 is 2.20 bits per heavy atom. The molecule has 0 fully saturated rings. The molecule has 7 aromatic carbocycles. The molecule has 0 aliphatic rings. The molecule has 0 amide bonds. The SMILES string of the molecule is [2H]C([2H])(c1ccccc1)c1cccc(-n2c(-c3cccc4c3[n-]c3ccccc34)nc3c(-c4[c-]c5c(cc4)c4ccccc4n5-c4ccccn4)cccc32)c1.[Pt+2]. The number of aromatic nitrogens is 5. The van der Waals surface area contributed by atoms with Crippen LogP contribution in [0.1, 0.15) is 13.9 Å². The van der Waals surface area contributed by atoms with E-state index in [1.54, 1.807) is 0 Å². The van der Waals surface area contributed by atoms with E-state index < -0.39 is 6.37 Å². The molecule has 0 atom stereocenters. The molecule has 4 heterocycles. The second-order valence-corrected chi connectivity index (χ2v) is 13.5. The summed E-state index contributed by atoms with van der Waals surface area (Å²) in [5.41, 5.74) is 10.2. The summed E-state index contributed by atoms with van der Waals surface area (Å²) in [6.07, 6.45) is 0.0978. The van der Waals surface area contributed by atoms with E-state index >= 15 is 0 Å². The van der Waals surface area contributed by atoms with Crippen molar-refractivity contribution in [2.24, 2.45) is 0 Å². The maximum absolute atomic E-state index is 9.23. The molecule has 11 aromatic rings. The van der Waals surface area contributed by atoms with E-state index in [1.165, 1.54) is 0 Å². The fourth-order valence-corrected chi connectivity index (χ4v) is 7.92. The van der Waals surface area contributed by atoms with Gasteiger partial charge >= 0.3 is 21.1 Å². The van der Waals surface area contributed by atoms with Crippen molar-refractivity contribution in [2.45, 2.75) is 6.37 Å². The average Bonchev–Trinajstić information content (AvgIpc) is 3.94. The molecule has 0 N–H and O–H groups in total. The van der Waals surface area contributed by atoms with Crippen molar-refractivity contribution in [3.8, 4) is 34.0 Å². The van der Waals surface area contributed by atoms with Gasteiger partial charge in [-0.1, -0.05) is 132 Å². The molecule has 6 heteroatoms. The molecular formula is C49H31N5Pt. The zero-order valence-corrected chi connectivity index (χ0v) is 31.6. The van der Waals surface area contributed by atoms with Crippen molar-refractivity contribution in [1.29, 1.82) is 0 Å². The number of nitrogens with zero attached hydrogens (tertiary/aromatic N) is 5. The average molecular weight is 887 g/mol. The molecule has 0 unspecified atom stereocenters. The number of hydrogen-bond acceptors (Lipinski definition) is 2. The summed E-state index contributed by atoms with van der Waals surface area (Å²) in [4.78, 5) is 15.4. The van der Waals surface area contributed by atoms with Crippen molar-refractivity contribution in [1.82, 2.24) is 24.1 Å². The number of pyridine rings is 1. The predicted octanol–water partition coefficient (Wildman–Crippen LogP) is 11.5. The molecule has 0 aliphatic carbocycles. The second-order valence-electron chi connectivity index (χ2n) is 13.5. The zero-order valence-electron chi connectivity index (χ0n) is 31.3. The van der Waals surface area contributed by atoms with Gasteiger partial charge in [0.2, 0.25) is 0 Å². The van der Waals surface area contributed by atoms with Gasteiger partial charge in [-0.2, -0.15) is 0 Å². The van der Waals surface area contributed by atoms with E-state index in [0.29, 0.717) is 11.1 Å². The van der Waals surface area contributed by atoms with E-state index in [9.17, 15) is 2.74 Å². The van der Waals surface area contributed by atoms with Crippen molar-refractivity contribution in [3.63, 3.8) is 0 Å². The summed E-state index contributed by atoms with van der Waals surface area (Å²) < 4.78 is 22.8. The first-order valence-corrected chi connectivity index (χ1v) is 18.0. The number of para-hydroxylation sites is 4. The van der Waals surface area contributed by atoms with E-state index in [1.807, 2.05) is 97.2 Å². The van der Waals surface area contributed by atoms with Crippen LogP contribution in [-0.2, 0) is 27.4 Å². The second kappa shape index (κ2) is 13.4. The van der Waals surface area contributed by atoms with Gasteiger partial charge in [0.25, 0.3) is 0 Å². The Hall–Kier alpha value is -6.55. The third-order valence-electron chi connectivity index (χ3n) is 10.3. The molecule has 0 saturated carbocycles. The Bertz CT molecular complexity index is 3290. The first kappa shape index (κ1) is 30.9. The number of benzene rings is 7. The summed E-state index contributed by atoms with van der Waals surface area (Å²) in [6.45, 7) is 0. The fraction of sp³-hybridized carbons (Fsp3) is 0.0204. The van der Waals surface area contributed by atoms with Crippen LogP contribution in [0, 0.1) is 6.07 Å². The Kier molecular flexibility index (Phi) is 7.51. The van der Waals surface area contributed by atoms with Gasteiger partial charge in [0.1, 0.15) is 11.6 Å². The smallest absolute Gasteiger partial charge is 0.656 e. The zero-order chi connectivity index (χ0) is 37.4. The fourth-order valence-electron chi connectivity index (χ4n) is 7.92. The standard InChI is InChI=1S/C49H31N5.Pt/c1-2-13-32(14-3-1)29-33-15-10-16-35(30-33)53-44-24-12-19-36(48(44)52-49(53)41-21-11-20-40-37-17-4-6-22-42(37)51-47(40)41)34-26-27-39-38-18-5-7-23-43(38)54(45(39)31-34)46-25-8-9-28-50-46;/h1-28,30H,29H2;/q-2;+2/i29D2;. The first-order valence-electron chi connectivity index (χ1n) is 19.0. The summed E-state index contributed by atoms with van der Waals surface area (Å²) in [5.74, 6) is 1.55. The van der Waals surface area contributed by atoms with Gasteiger partial charge in [-0.05, 0) is 75.6 Å². The minimum absolute atomic E-state index is 0. The number of fused-ring (bicyclic) bond motifs is 7. The summed E-state index contributed by atoms with van der Waals surface area (Å²) >= 11 is 0. The normalized spacial score (nSPS) is 12.4. The molecule has 5 nitrogen and oxygen atoms in total. The van der Waals surface area contributed by atoms with Gasteiger partial charge < -0.3 is 9.55 Å². The van der Waals surface area contributed by atoms with Crippen LogP contribution in [0.2, 0.25) is 0 Å². The first-order chi connectivity index (χ1) is 27.5. The molecule has 0 radical (unpaired) electrons. The van der Waals surface area contributed by atoms with Crippen molar-refractivity contribution in [3.05, 3.63) is 193 Å². The molecular weight excluding hydrogens is 854 g/mol. The molecule has 4 aromatic heterocycles. The van der Waals surface area contributed by atoms with Crippen LogP contribution in [-0.4, -0.2) is 19.1 Å². The van der Waals surface area contributed by atoms with Gasteiger partial charge in [0.15, 0.2) is 0 Å². The molecule has 262 valence electrons. The molecule has 0 spiro atoms. The van der Waals surface area contributed by atoms with E-state index in [0.717, 1.165) is 88.7 Å². The molecule has 0 saturated heterocycles. The maximum atomic E-state index is 9.23. The number of hydrogen-bond donors (Lipinski definition) is 0. The third kappa shape index (κ3) is 5.42. The van der Waals surface area contributed by atoms with Gasteiger partial charge in [0, 0.05) is 25.7 Å². The Balaban J connectivity index is 0.00000396. The van der Waals surface area contributed by atoms with E-state index in [4.69, 9.17) is 15.0 Å². The van der Waals surface area contributed by atoms with Crippen LogP contribution in [0.3, 0.4) is 0 Å². The van der Waals surface area contributed by atoms with Crippen LogP contribution >= 0.6 is 0 Å². The van der Waals surface area contributed by atoms with Gasteiger partial charge in [-0.3, -0.25) is 4.57 Å². The third-order valence-corrected chi connectivity index (χ3v) is 10.3.